The third-order valence-electron chi connectivity index (χ3n) is 2.58. The van der Waals surface area contributed by atoms with Gasteiger partial charge in [0.15, 0.2) is 0 Å². The average Bonchev–Trinajstić information content (AvgIpc) is 2.43. The highest BCUT2D eigenvalue weighted by molar-refractivity contribution is 5.95. The summed E-state index contributed by atoms with van der Waals surface area (Å²) >= 11 is 0. The molecule has 4 N–H and O–H groups in total. The molecule has 0 atom stereocenters. The fourth-order valence-corrected chi connectivity index (χ4v) is 1.21. The number of carboxylic acid groups (broad SMARTS) is 1. The lowest BCUT2D eigenvalue weighted by Gasteiger charge is -2.20. The molecule has 0 bridgehead atoms. The minimum atomic E-state index is -1.22. The zero-order valence-electron chi connectivity index (χ0n) is 11.3. The van der Waals surface area contributed by atoms with Gasteiger partial charge in [0.1, 0.15) is 5.54 Å². The van der Waals surface area contributed by atoms with Crippen LogP contribution in [-0.2, 0) is 9.59 Å². The van der Waals surface area contributed by atoms with Crippen molar-refractivity contribution in [2.45, 2.75) is 19.4 Å². The summed E-state index contributed by atoms with van der Waals surface area (Å²) in [6.07, 6.45) is 0. The van der Waals surface area contributed by atoms with Gasteiger partial charge in [0, 0.05) is 5.56 Å². The van der Waals surface area contributed by atoms with Crippen molar-refractivity contribution in [2.24, 2.45) is 0 Å². The van der Waals surface area contributed by atoms with Gasteiger partial charge in [-0.2, -0.15) is 0 Å². The number of nitrogens with one attached hydrogen (secondary N) is 3. The van der Waals surface area contributed by atoms with Crippen LogP contribution in [0.4, 0.5) is 0 Å². The third kappa shape index (κ3) is 4.69. The smallest absolute Gasteiger partial charge is 0.323 e. The molecule has 0 aliphatic rings. The van der Waals surface area contributed by atoms with E-state index in [0.717, 1.165) is 0 Å². The lowest BCUT2D eigenvalue weighted by molar-refractivity contribution is -0.143. The van der Waals surface area contributed by atoms with Crippen molar-refractivity contribution >= 4 is 17.8 Å². The summed E-state index contributed by atoms with van der Waals surface area (Å²) in [5.74, 6) is -2.06. The number of amides is 2. The van der Waals surface area contributed by atoms with Crippen LogP contribution < -0.4 is 16.2 Å². The van der Waals surface area contributed by atoms with E-state index >= 15 is 0 Å². The Morgan fingerprint density at radius 3 is 2.25 bits per heavy atom. The second-order valence-electron chi connectivity index (χ2n) is 4.65. The minimum Gasteiger partial charge on any atom is -0.480 e. The first-order chi connectivity index (χ1) is 9.33. The highest BCUT2D eigenvalue weighted by atomic mass is 16.4. The number of carbonyl (C=O) groups is 3. The summed E-state index contributed by atoms with van der Waals surface area (Å²) in [6.45, 7) is 2.64. The Labute approximate surface area is 116 Å². The van der Waals surface area contributed by atoms with Gasteiger partial charge in [-0.3, -0.25) is 30.6 Å². The molecule has 0 radical (unpaired) electrons. The van der Waals surface area contributed by atoms with Crippen molar-refractivity contribution in [3.8, 4) is 0 Å². The van der Waals surface area contributed by atoms with Gasteiger partial charge in [0.2, 0.25) is 0 Å². The molecular formula is C13H17N3O4. The average molecular weight is 279 g/mol. The van der Waals surface area contributed by atoms with Gasteiger partial charge in [-0.25, -0.2) is 0 Å². The summed E-state index contributed by atoms with van der Waals surface area (Å²) in [5.41, 5.74) is 3.62. The van der Waals surface area contributed by atoms with Crippen LogP contribution in [-0.4, -0.2) is 35.0 Å². The predicted octanol–water partition coefficient (Wildman–Crippen LogP) is -0.0996. The summed E-state index contributed by atoms with van der Waals surface area (Å²) in [7, 11) is 0. The molecule has 0 heterocycles. The van der Waals surface area contributed by atoms with Gasteiger partial charge in [-0.15, -0.1) is 0 Å². The molecule has 0 aromatic heterocycles. The highest BCUT2D eigenvalue weighted by Gasteiger charge is 2.26. The molecule has 1 aromatic rings. The van der Waals surface area contributed by atoms with E-state index in [2.05, 4.69) is 16.2 Å². The SMILES string of the molecule is CC(C)(NCC(=O)NNC(=O)c1ccccc1)C(=O)O. The van der Waals surface area contributed by atoms with Crippen LogP contribution in [0.5, 0.6) is 0 Å². The van der Waals surface area contributed by atoms with Gasteiger partial charge >= 0.3 is 5.97 Å². The van der Waals surface area contributed by atoms with Crippen LogP contribution in [0.25, 0.3) is 0 Å². The van der Waals surface area contributed by atoms with Crippen LogP contribution >= 0.6 is 0 Å². The molecular weight excluding hydrogens is 262 g/mol. The lowest BCUT2D eigenvalue weighted by atomic mass is 10.1. The molecule has 0 spiro atoms. The molecule has 0 fully saturated rings. The van der Waals surface area contributed by atoms with E-state index in [1.54, 1.807) is 30.3 Å². The summed E-state index contributed by atoms with van der Waals surface area (Å²) in [5, 5.41) is 11.4. The van der Waals surface area contributed by atoms with Crippen molar-refractivity contribution < 1.29 is 19.5 Å². The zero-order chi connectivity index (χ0) is 15.2. The maximum atomic E-state index is 11.6. The molecule has 7 nitrogen and oxygen atoms in total. The minimum absolute atomic E-state index is 0.228. The van der Waals surface area contributed by atoms with E-state index < -0.39 is 23.3 Å². The molecule has 7 heteroatoms. The second-order valence-corrected chi connectivity index (χ2v) is 4.65. The Balaban J connectivity index is 2.37. The number of rotatable bonds is 5. The zero-order valence-corrected chi connectivity index (χ0v) is 11.3. The van der Waals surface area contributed by atoms with Gasteiger partial charge in [0.25, 0.3) is 11.8 Å². The lowest BCUT2D eigenvalue weighted by Crippen LogP contribution is -2.52. The van der Waals surface area contributed by atoms with Crippen LogP contribution in [0.15, 0.2) is 30.3 Å². The molecule has 0 aliphatic heterocycles. The number of carboxylic acids is 1. The van der Waals surface area contributed by atoms with Crippen molar-refractivity contribution in [2.75, 3.05) is 6.54 Å². The highest BCUT2D eigenvalue weighted by Crippen LogP contribution is 2.00. The molecule has 0 saturated carbocycles. The van der Waals surface area contributed by atoms with Gasteiger partial charge in [-0.05, 0) is 26.0 Å². The first-order valence-electron chi connectivity index (χ1n) is 5.95. The number of hydrogen-bond acceptors (Lipinski definition) is 4. The van der Waals surface area contributed by atoms with Crippen LogP contribution in [0.1, 0.15) is 24.2 Å². The monoisotopic (exact) mass is 279 g/mol. The number of hydrazine groups is 1. The van der Waals surface area contributed by atoms with Crippen molar-refractivity contribution in [1.82, 2.24) is 16.2 Å². The Morgan fingerprint density at radius 1 is 1.10 bits per heavy atom. The van der Waals surface area contributed by atoms with Gasteiger partial charge < -0.3 is 5.11 Å². The largest absolute Gasteiger partial charge is 0.480 e. The van der Waals surface area contributed by atoms with Crippen molar-refractivity contribution in [1.29, 1.82) is 0 Å². The molecule has 1 aromatic carbocycles. The summed E-state index contributed by atoms with van der Waals surface area (Å²) in [6, 6.07) is 8.38. The number of aliphatic carboxylic acids is 1. The molecule has 108 valence electrons. The van der Waals surface area contributed by atoms with Gasteiger partial charge in [0.05, 0.1) is 6.54 Å². The van der Waals surface area contributed by atoms with E-state index in [9.17, 15) is 14.4 Å². The van der Waals surface area contributed by atoms with E-state index in [0.29, 0.717) is 5.56 Å². The van der Waals surface area contributed by atoms with Crippen LogP contribution in [0.2, 0.25) is 0 Å². The first kappa shape index (κ1) is 15.6. The Morgan fingerprint density at radius 2 is 1.70 bits per heavy atom. The summed E-state index contributed by atoms with van der Waals surface area (Å²) in [4.78, 5) is 33.9. The molecule has 0 unspecified atom stereocenters. The predicted molar refractivity (Wildman–Crippen MR) is 71.8 cm³/mol. The number of carbonyl (C=O) groups excluding carboxylic acids is 2. The number of benzene rings is 1. The van der Waals surface area contributed by atoms with Crippen molar-refractivity contribution in [3.63, 3.8) is 0 Å². The standard InChI is InChI=1S/C13H17N3O4/c1-13(2,12(19)20)14-8-10(17)15-16-11(18)9-6-4-3-5-7-9/h3-7,14H,8H2,1-2H3,(H,15,17)(H,16,18)(H,19,20). The van der Waals surface area contributed by atoms with E-state index in [1.165, 1.54) is 13.8 Å². The maximum absolute atomic E-state index is 11.6. The molecule has 2 amide bonds. The quantitative estimate of drug-likeness (QED) is 0.563. The number of hydrogen-bond donors (Lipinski definition) is 4. The molecule has 20 heavy (non-hydrogen) atoms. The van der Waals surface area contributed by atoms with Crippen molar-refractivity contribution in [3.05, 3.63) is 35.9 Å². The van der Waals surface area contributed by atoms with E-state index in [4.69, 9.17) is 5.11 Å². The normalized spacial score (nSPS) is 10.7. The topological polar surface area (TPSA) is 108 Å². The fourth-order valence-electron chi connectivity index (χ4n) is 1.21. The molecule has 0 saturated heterocycles. The first-order valence-corrected chi connectivity index (χ1v) is 5.95. The molecule has 1 rings (SSSR count). The third-order valence-corrected chi connectivity index (χ3v) is 2.58. The van der Waals surface area contributed by atoms with Crippen LogP contribution in [0.3, 0.4) is 0 Å². The Hall–Kier alpha value is -2.41. The van der Waals surface area contributed by atoms with Gasteiger partial charge in [-0.1, -0.05) is 18.2 Å². The fraction of sp³-hybridized carbons (Fsp3) is 0.308. The second kappa shape index (κ2) is 6.67. The Bertz CT molecular complexity index is 500. The Kier molecular flexibility index (Phi) is 5.22. The van der Waals surface area contributed by atoms with E-state index in [-0.39, 0.29) is 6.54 Å². The molecule has 0 aliphatic carbocycles. The maximum Gasteiger partial charge on any atom is 0.323 e. The van der Waals surface area contributed by atoms with Crippen LogP contribution in [0, 0.1) is 0 Å². The van der Waals surface area contributed by atoms with E-state index in [1.807, 2.05) is 0 Å². The summed E-state index contributed by atoms with van der Waals surface area (Å²) < 4.78 is 0.